The molecule has 3 heterocycles. The van der Waals surface area contributed by atoms with Crippen molar-refractivity contribution in [3.8, 4) is 11.5 Å². The summed E-state index contributed by atoms with van der Waals surface area (Å²) in [6.07, 6.45) is 2.29. The number of benzene rings is 1. The highest BCUT2D eigenvalue weighted by atomic mass is 16.7. The summed E-state index contributed by atoms with van der Waals surface area (Å²) in [6, 6.07) is 8.56. The molecule has 0 unspecified atom stereocenters. The highest BCUT2D eigenvalue weighted by molar-refractivity contribution is 5.56. The molecule has 0 spiro atoms. The van der Waals surface area contributed by atoms with Crippen molar-refractivity contribution in [1.29, 1.82) is 0 Å². The van der Waals surface area contributed by atoms with Crippen LogP contribution in [-0.4, -0.2) is 35.9 Å². The summed E-state index contributed by atoms with van der Waals surface area (Å²) in [5.74, 6) is 3.92. The summed E-state index contributed by atoms with van der Waals surface area (Å²) < 4.78 is 10.9. The number of anilines is 2. The lowest BCUT2D eigenvalue weighted by atomic mass is 10.0. The van der Waals surface area contributed by atoms with Gasteiger partial charge in [-0.3, -0.25) is 0 Å². The lowest BCUT2D eigenvalue weighted by Gasteiger charge is -2.34. The van der Waals surface area contributed by atoms with Crippen LogP contribution in [0.3, 0.4) is 0 Å². The molecule has 1 aromatic carbocycles. The summed E-state index contributed by atoms with van der Waals surface area (Å²) in [7, 11) is 0. The number of fused-ring (bicyclic) bond motifs is 1. The molecule has 26 heavy (non-hydrogen) atoms. The summed E-state index contributed by atoms with van der Waals surface area (Å²) in [5.41, 5.74) is 2.18. The predicted molar refractivity (Wildman–Crippen MR) is 102 cm³/mol. The van der Waals surface area contributed by atoms with E-state index in [-0.39, 0.29) is 0 Å². The number of aryl methyl sites for hydroxylation is 1. The second-order valence-corrected chi connectivity index (χ2v) is 7.35. The van der Waals surface area contributed by atoms with E-state index >= 15 is 0 Å². The van der Waals surface area contributed by atoms with Crippen molar-refractivity contribution >= 4 is 11.5 Å². The maximum Gasteiger partial charge on any atom is 0.231 e. The number of nitrogens with zero attached hydrogens (tertiary/aromatic N) is 3. The van der Waals surface area contributed by atoms with E-state index in [1.807, 2.05) is 19.1 Å². The molecule has 1 N–H and O–H groups in total. The van der Waals surface area contributed by atoms with Gasteiger partial charge in [-0.1, -0.05) is 13.8 Å². The zero-order chi connectivity index (χ0) is 18.1. The zero-order valence-corrected chi connectivity index (χ0v) is 15.7. The Hall–Kier alpha value is -2.50. The van der Waals surface area contributed by atoms with Crippen molar-refractivity contribution < 1.29 is 9.47 Å². The van der Waals surface area contributed by atoms with Crippen molar-refractivity contribution in [2.45, 2.75) is 45.6 Å². The summed E-state index contributed by atoms with van der Waals surface area (Å²) in [5, 5.41) is 3.64. The van der Waals surface area contributed by atoms with E-state index in [4.69, 9.17) is 9.47 Å². The Bertz CT molecular complexity index is 793. The minimum Gasteiger partial charge on any atom is -0.454 e. The van der Waals surface area contributed by atoms with Gasteiger partial charge in [-0.15, -0.1) is 0 Å². The average Bonchev–Trinajstić information content (AvgIpc) is 3.09. The Morgan fingerprint density at radius 1 is 1.15 bits per heavy atom. The van der Waals surface area contributed by atoms with Gasteiger partial charge < -0.3 is 19.7 Å². The number of hydrogen-bond acceptors (Lipinski definition) is 6. The number of ether oxygens (including phenoxy) is 2. The van der Waals surface area contributed by atoms with Gasteiger partial charge in [0.15, 0.2) is 11.5 Å². The maximum atomic E-state index is 5.48. The van der Waals surface area contributed by atoms with Crippen molar-refractivity contribution in [3.05, 3.63) is 35.8 Å². The fourth-order valence-electron chi connectivity index (χ4n) is 3.56. The first-order valence-corrected chi connectivity index (χ1v) is 9.35. The highest BCUT2D eigenvalue weighted by Gasteiger charge is 2.23. The molecule has 2 aliphatic rings. The van der Waals surface area contributed by atoms with Crippen LogP contribution in [0, 0.1) is 6.92 Å². The third-order valence-corrected chi connectivity index (χ3v) is 4.92. The molecule has 1 atom stereocenters. The monoisotopic (exact) mass is 354 g/mol. The SMILES string of the molecule is Cc1nc(C(C)C)cc(N2CCC[C@@H](Nc3ccc4c(c3)OCO4)C2)n1. The largest absolute Gasteiger partial charge is 0.454 e. The molecule has 0 saturated carbocycles. The number of aromatic nitrogens is 2. The van der Waals surface area contributed by atoms with E-state index in [0.717, 1.165) is 60.5 Å². The minimum absolute atomic E-state index is 0.307. The molecule has 6 heteroatoms. The molecular formula is C20H26N4O2. The molecule has 1 saturated heterocycles. The van der Waals surface area contributed by atoms with Gasteiger partial charge in [0.25, 0.3) is 0 Å². The molecule has 0 amide bonds. The minimum atomic E-state index is 0.307. The van der Waals surface area contributed by atoms with Gasteiger partial charge in [-0.05, 0) is 37.8 Å². The fraction of sp³-hybridized carbons (Fsp3) is 0.500. The van der Waals surface area contributed by atoms with Crippen molar-refractivity contribution in [2.75, 3.05) is 30.1 Å². The second-order valence-electron chi connectivity index (χ2n) is 7.35. The van der Waals surface area contributed by atoms with E-state index < -0.39 is 0 Å². The molecule has 1 fully saturated rings. The fourth-order valence-corrected chi connectivity index (χ4v) is 3.56. The molecular weight excluding hydrogens is 328 g/mol. The van der Waals surface area contributed by atoms with Crippen molar-refractivity contribution in [1.82, 2.24) is 9.97 Å². The molecule has 0 radical (unpaired) electrons. The second kappa shape index (κ2) is 7.02. The van der Waals surface area contributed by atoms with Crippen LogP contribution in [0.1, 0.15) is 44.1 Å². The molecule has 6 nitrogen and oxygen atoms in total. The Morgan fingerprint density at radius 2 is 2.00 bits per heavy atom. The standard InChI is InChI=1S/C20H26N4O2/c1-13(2)17-10-20(22-14(3)21-17)24-8-4-5-16(11-24)23-15-6-7-18-19(9-15)26-12-25-18/h6-7,9-10,13,16,23H,4-5,8,11-12H2,1-3H3/t16-/m1/s1. The van der Waals surface area contributed by atoms with E-state index in [9.17, 15) is 0 Å². The molecule has 0 aliphatic carbocycles. The summed E-state index contributed by atoms with van der Waals surface area (Å²) in [4.78, 5) is 11.6. The first kappa shape index (κ1) is 16.9. The molecule has 0 bridgehead atoms. The van der Waals surface area contributed by atoms with E-state index in [0.29, 0.717) is 18.8 Å². The van der Waals surface area contributed by atoms with Crippen LogP contribution in [-0.2, 0) is 0 Å². The Balaban J connectivity index is 1.47. The Morgan fingerprint density at radius 3 is 2.85 bits per heavy atom. The molecule has 2 aromatic rings. The maximum absolute atomic E-state index is 5.48. The number of piperidine rings is 1. The van der Waals surface area contributed by atoms with Crippen molar-refractivity contribution in [2.24, 2.45) is 0 Å². The van der Waals surface area contributed by atoms with Crippen molar-refractivity contribution in [3.63, 3.8) is 0 Å². The van der Waals surface area contributed by atoms with Crippen LogP contribution in [0.2, 0.25) is 0 Å². The molecule has 1 aromatic heterocycles. The van der Waals surface area contributed by atoms with Crippen LogP contribution >= 0.6 is 0 Å². The number of nitrogens with one attached hydrogen (secondary N) is 1. The van der Waals surface area contributed by atoms with Crippen LogP contribution in [0.15, 0.2) is 24.3 Å². The van der Waals surface area contributed by atoms with E-state index in [1.165, 1.54) is 0 Å². The third-order valence-electron chi connectivity index (χ3n) is 4.92. The van der Waals surface area contributed by atoms with Gasteiger partial charge in [0.05, 0.1) is 0 Å². The average molecular weight is 354 g/mol. The van der Waals surface area contributed by atoms with Gasteiger partial charge in [0, 0.05) is 42.6 Å². The Labute approximate surface area is 154 Å². The smallest absolute Gasteiger partial charge is 0.231 e. The molecule has 138 valence electrons. The Kier molecular flexibility index (Phi) is 4.57. The summed E-state index contributed by atoms with van der Waals surface area (Å²) >= 11 is 0. The first-order chi connectivity index (χ1) is 12.6. The number of hydrogen-bond donors (Lipinski definition) is 1. The molecule has 2 aliphatic heterocycles. The zero-order valence-electron chi connectivity index (χ0n) is 15.7. The van der Waals surface area contributed by atoms with E-state index in [2.05, 4.69) is 46.2 Å². The summed E-state index contributed by atoms with van der Waals surface area (Å²) in [6.45, 7) is 8.59. The normalized spacial score (nSPS) is 19.1. The van der Waals surface area contributed by atoms with Gasteiger partial charge in [-0.2, -0.15) is 0 Å². The van der Waals surface area contributed by atoms with Crippen LogP contribution < -0.4 is 19.7 Å². The van der Waals surface area contributed by atoms with Crippen LogP contribution in [0.5, 0.6) is 11.5 Å². The van der Waals surface area contributed by atoms with E-state index in [1.54, 1.807) is 0 Å². The topological polar surface area (TPSA) is 59.5 Å². The predicted octanol–water partition coefficient (Wildman–Crippen LogP) is 3.72. The first-order valence-electron chi connectivity index (χ1n) is 9.35. The third kappa shape index (κ3) is 3.54. The highest BCUT2D eigenvalue weighted by Crippen LogP contribution is 2.34. The van der Waals surface area contributed by atoms with Gasteiger partial charge >= 0.3 is 0 Å². The lowest BCUT2D eigenvalue weighted by molar-refractivity contribution is 0.174. The number of rotatable bonds is 4. The quantitative estimate of drug-likeness (QED) is 0.903. The van der Waals surface area contributed by atoms with Gasteiger partial charge in [0.1, 0.15) is 11.6 Å². The van der Waals surface area contributed by atoms with Gasteiger partial charge in [0.2, 0.25) is 6.79 Å². The van der Waals surface area contributed by atoms with Crippen LogP contribution in [0.4, 0.5) is 11.5 Å². The van der Waals surface area contributed by atoms with Gasteiger partial charge in [-0.25, -0.2) is 9.97 Å². The van der Waals surface area contributed by atoms with Crippen LogP contribution in [0.25, 0.3) is 0 Å². The molecule has 4 rings (SSSR count). The lowest BCUT2D eigenvalue weighted by Crippen LogP contribution is -2.42.